The van der Waals surface area contributed by atoms with Crippen LogP contribution in [0, 0.1) is 18.3 Å². The lowest BCUT2D eigenvalue weighted by Gasteiger charge is -2.06. The highest BCUT2D eigenvalue weighted by molar-refractivity contribution is 5.55. The number of rotatable bonds is 1. The number of nitriles is 1. The van der Waals surface area contributed by atoms with Gasteiger partial charge in [0.25, 0.3) is 0 Å². The topological polar surface area (TPSA) is 80.5 Å². The van der Waals surface area contributed by atoms with Crippen LogP contribution in [0.2, 0.25) is 0 Å². The van der Waals surface area contributed by atoms with Crippen molar-refractivity contribution in [3.8, 4) is 11.9 Å². The van der Waals surface area contributed by atoms with E-state index in [9.17, 15) is 0 Å². The molecule has 0 radical (unpaired) electrons. The first kappa shape index (κ1) is 9.21. The van der Waals surface area contributed by atoms with Crippen LogP contribution in [0.1, 0.15) is 11.3 Å². The lowest BCUT2D eigenvalue weighted by atomic mass is 10.2. The van der Waals surface area contributed by atoms with Gasteiger partial charge in [0, 0.05) is 12.4 Å². The van der Waals surface area contributed by atoms with Gasteiger partial charge in [-0.2, -0.15) is 5.26 Å². The summed E-state index contributed by atoms with van der Waals surface area (Å²) in [5.74, 6) is 0.557. The Kier molecular flexibility index (Phi) is 2.10. The molecule has 0 bridgehead atoms. The Labute approximate surface area is 86.8 Å². The number of pyridine rings is 1. The third kappa shape index (κ3) is 1.53. The summed E-state index contributed by atoms with van der Waals surface area (Å²) in [5, 5.41) is 8.95. The van der Waals surface area contributed by atoms with Crippen molar-refractivity contribution in [2.24, 2.45) is 0 Å². The maximum absolute atomic E-state index is 8.95. The minimum atomic E-state index is 0.441. The Bertz CT molecular complexity index is 521. The standard InChI is InChI=1S/C10H9N5/c1-7-9(12)4-8(5-11)10(14-7)15-3-2-13-6-15/h2-4,6H,12H2,1H3. The Morgan fingerprint density at radius 2 is 2.33 bits per heavy atom. The Balaban J connectivity index is 2.67. The zero-order valence-corrected chi connectivity index (χ0v) is 8.18. The van der Waals surface area contributed by atoms with Gasteiger partial charge in [0.2, 0.25) is 0 Å². The molecule has 0 aliphatic carbocycles. The summed E-state index contributed by atoms with van der Waals surface area (Å²) in [5.41, 5.74) is 7.35. The summed E-state index contributed by atoms with van der Waals surface area (Å²) in [7, 11) is 0. The van der Waals surface area contributed by atoms with Crippen molar-refractivity contribution in [1.29, 1.82) is 5.26 Å². The van der Waals surface area contributed by atoms with Crippen LogP contribution in [-0.4, -0.2) is 14.5 Å². The van der Waals surface area contributed by atoms with Gasteiger partial charge in [-0.1, -0.05) is 0 Å². The Morgan fingerprint density at radius 3 is 2.93 bits per heavy atom. The molecular weight excluding hydrogens is 190 g/mol. The number of nitrogens with zero attached hydrogens (tertiary/aromatic N) is 4. The number of hydrogen-bond acceptors (Lipinski definition) is 4. The molecule has 0 aromatic carbocycles. The van der Waals surface area contributed by atoms with Crippen LogP contribution in [-0.2, 0) is 0 Å². The van der Waals surface area contributed by atoms with Gasteiger partial charge in [-0.15, -0.1) is 0 Å². The third-order valence-corrected chi connectivity index (χ3v) is 2.10. The van der Waals surface area contributed by atoms with Crippen molar-refractivity contribution in [3.05, 3.63) is 36.0 Å². The van der Waals surface area contributed by atoms with Gasteiger partial charge >= 0.3 is 0 Å². The van der Waals surface area contributed by atoms with Gasteiger partial charge in [-0.05, 0) is 13.0 Å². The molecule has 74 valence electrons. The molecule has 0 saturated carbocycles. The third-order valence-electron chi connectivity index (χ3n) is 2.10. The van der Waals surface area contributed by atoms with Crippen LogP contribution in [0.4, 0.5) is 5.69 Å². The van der Waals surface area contributed by atoms with Crippen LogP contribution in [0.15, 0.2) is 24.8 Å². The van der Waals surface area contributed by atoms with Gasteiger partial charge in [-0.25, -0.2) is 9.97 Å². The lowest BCUT2D eigenvalue weighted by Crippen LogP contribution is -2.03. The summed E-state index contributed by atoms with van der Waals surface area (Å²) < 4.78 is 1.69. The average Bonchev–Trinajstić information content (AvgIpc) is 2.74. The summed E-state index contributed by atoms with van der Waals surface area (Å²) >= 11 is 0. The number of aryl methyl sites for hydroxylation is 1. The fourth-order valence-electron chi connectivity index (χ4n) is 1.27. The van der Waals surface area contributed by atoms with Crippen LogP contribution >= 0.6 is 0 Å². The highest BCUT2D eigenvalue weighted by Gasteiger charge is 2.08. The van der Waals surface area contributed by atoms with Crippen LogP contribution in [0.5, 0.6) is 0 Å². The van der Waals surface area contributed by atoms with Gasteiger partial charge in [0.05, 0.1) is 16.9 Å². The number of aromatic nitrogens is 3. The number of hydrogen-bond donors (Lipinski definition) is 1. The smallest absolute Gasteiger partial charge is 0.156 e. The van der Waals surface area contributed by atoms with E-state index in [-0.39, 0.29) is 0 Å². The molecule has 0 saturated heterocycles. The summed E-state index contributed by atoms with van der Waals surface area (Å²) in [6.07, 6.45) is 4.96. The summed E-state index contributed by atoms with van der Waals surface area (Å²) in [6.45, 7) is 1.80. The van der Waals surface area contributed by atoms with Crippen LogP contribution < -0.4 is 5.73 Å². The largest absolute Gasteiger partial charge is 0.397 e. The lowest BCUT2D eigenvalue weighted by molar-refractivity contribution is 0.970. The Hall–Kier alpha value is -2.35. The van der Waals surface area contributed by atoms with E-state index in [1.54, 1.807) is 36.3 Å². The SMILES string of the molecule is Cc1nc(-n2ccnc2)c(C#N)cc1N. The predicted octanol–water partition coefficient (Wildman–Crippen LogP) is 1.03. The van der Waals surface area contributed by atoms with E-state index in [2.05, 4.69) is 16.0 Å². The maximum atomic E-state index is 8.95. The van der Waals surface area contributed by atoms with Gasteiger partial charge < -0.3 is 5.73 Å². The first-order valence-electron chi connectivity index (χ1n) is 4.38. The monoisotopic (exact) mass is 199 g/mol. The minimum Gasteiger partial charge on any atom is -0.397 e. The summed E-state index contributed by atoms with van der Waals surface area (Å²) in [4.78, 5) is 8.17. The van der Waals surface area contributed by atoms with Crippen molar-refractivity contribution in [3.63, 3.8) is 0 Å². The number of imidazole rings is 1. The maximum Gasteiger partial charge on any atom is 0.156 e. The van der Waals surface area contributed by atoms with E-state index in [1.165, 1.54) is 0 Å². The molecule has 0 unspecified atom stereocenters. The molecule has 0 spiro atoms. The molecule has 0 amide bonds. The molecule has 0 fully saturated rings. The molecule has 2 rings (SSSR count). The van der Waals surface area contributed by atoms with Crippen molar-refractivity contribution >= 4 is 5.69 Å². The normalized spacial score (nSPS) is 9.87. The van der Waals surface area contributed by atoms with Crippen molar-refractivity contribution < 1.29 is 0 Å². The van der Waals surface area contributed by atoms with E-state index in [4.69, 9.17) is 11.0 Å². The van der Waals surface area contributed by atoms with Gasteiger partial charge in [0.15, 0.2) is 5.82 Å². The molecule has 2 aromatic rings. The second kappa shape index (κ2) is 3.42. The summed E-state index contributed by atoms with van der Waals surface area (Å²) in [6, 6.07) is 3.68. The molecule has 0 atom stereocenters. The number of nitrogens with two attached hydrogens (primary N) is 1. The molecule has 2 N–H and O–H groups in total. The van der Waals surface area contributed by atoms with Crippen molar-refractivity contribution in [2.45, 2.75) is 6.92 Å². The minimum absolute atomic E-state index is 0.441. The Morgan fingerprint density at radius 1 is 1.53 bits per heavy atom. The van der Waals surface area contributed by atoms with Crippen LogP contribution in [0.3, 0.4) is 0 Å². The highest BCUT2D eigenvalue weighted by atomic mass is 15.1. The predicted molar refractivity (Wildman–Crippen MR) is 55.2 cm³/mol. The quantitative estimate of drug-likeness (QED) is 0.743. The second-order valence-corrected chi connectivity index (χ2v) is 3.12. The van der Waals surface area contributed by atoms with Crippen molar-refractivity contribution in [2.75, 3.05) is 5.73 Å². The van der Waals surface area contributed by atoms with Crippen LogP contribution in [0.25, 0.3) is 5.82 Å². The van der Waals surface area contributed by atoms with Gasteiger partial charge in [0.1, 0.15) is 12.4 Å². The van der Waals surface area contributed by atoms with Crippen molar-refractivity contribution in [1.82, 2.24) is 14.5 Å². The van der Waals surface area contributed by atoms with E-state index >= 15 is 0 Å². The molecule has 2 heterocycles. The fourth-order valence-corrected chi connectivity index (χ4v) is 1.27. The zero-order valence-electron chi connectivity index (χ0n) is 8.18. The fraction of sp³-hybridized carbons (Fsp3) is 0.100. The molecule has 5 nitrogen and oxygen atoms in total. The molecule has 0 aliphatic rings. The number of nitrogen functional groups attached to an aromatic ring is 1. The first-order valence-corrected chi connectivity index (χ1v) is 4.38. The first-order chi connectivity index (χ1) is 7.22. The molecule has 2 aromatic heterocycles. The average molecular weight is 199 g/mol. The van der Waals surface area contributed by atoms with Gasteiger partial charge in [-0.3, -0.25) is 4.57 Å². The molecular formula is C10H9N5. The van der Waals surface area contributed by atoms with E-state index in [0.717, 1.165) is 0 Å². The second-order valence-electron chi connectivity index (χ2n) is 3.12. The molecule has 5 heteroatoms. The number of anilines is 1. The van der Waals surface area contributed by atoms with E-state index < -0.39 is 0 Å². The molecule has 0 aliphatic heterocycles. The van der Waals surface area contributed by atoms with E-state index in [0.29, 0.717) is 22.8 Å². The zero-order chi connectivity index (χ0) is 10.8. The highest BCUT2D eigenvalue weighted by Crippen LogP contribution is 2.17. The molecule has 15 heavy (non-hydrogen) atoms. The van der Waals surface area contributed by atoms with E-state index in [1.807, 2.05) is 0 Å².